The molecule has 10 nitrogen and oxygen atoms in total. The van der Waals surface area contributed by atoms with Gasteiger partial charge in [0.05, 0.1) is 35.4 Å². The Morgan fingerprint density at radius 2 is 2.00 bits per heavy atom. The van der Waals surface area contributed by atoms with Crippen LogP contribution in [0, 0.1) is 0 Å². The minimum atomic E-state index is -0.559. The lowest BCUT2D eigenvalue weighted by molar-refractivity contribution is 0.0221. The van der Waals surface area contributed by atoms with E-state index < -0.39 is 5.60 Å². The Bertz CT molecular complexity index is 1600. The summed E-state index contributed by atoms with van der Waals surface area (Å²) in [4.78, 5) is 41.2. The Labute approximate surface area is 220 Å². The van der Waals surface area contributed by atoms with Crippen molar-refractivity contribution in [3.63, 3.8) is 0 Å². The van der Waals surface area contributed by atoms with Crippen molar-refractivity contribution in [2.45, 2.75) is 45.9 Å². The lowest BCUT2D eigenvalue weighted by Gasteiger charge is -2.30. The summed E-state index contributed by atoms with van der Waals surface area (Å²) in [6.45, 7) is 6.91. The van der Waals surface area contributed by atoms with Gasteiger partial charge in [-0.25, -0.2) is 14.8 Å². The standard InChI is InChI=1S/C28H29N7O3/c1-28(2,3)38-27(37)35-12-8-16-5-6-22(33-21(16)15-35)32-20-14-30-24(19-13-31-26(36)23(19)20)17-7-10-29-25-18(17)9-11-34(25)4/h5-7,9-11,14H,8,12-13,15H2,1-4H3,(H,31,36)(H,32,33). The number of rotatable bonds is 3. The molecule has 6 heterocycles. The molecule has 0 spiro atoms. The van der Waals surface area contributed by atoms with Gasteiger partial charge in [0.1, 0.15) is 17.1 Å². The van der Waals surface area contributed by atoms with Crippen LogP contribution in [0.5, 0.6) is 0 Å². The van der Waals surface area contributed by atoms with E-state index in [4.69, 9.17) is 14.7 Å². The average Bonchev–Trinajstić information content (AvgIpc) is 3.46. The van der Waals surface area contributed by atoms with Gasteiger partial charge in [-0.3, -0.25) is 9.78 Å². The highest BCUT2D eigenvalue weighted by Crippen LogP contribution is 2.36. The Hall–Kier alpha value is -4.47. The molecule has 2 aliphatic heterocycles. The number of ether oxygens (including phenoxy) is 1. The molecule has 6 rings (SSSR count). The number of hydrogen-bond acceptors (Lipinski definition) is 7. The first-order valence-corrected chi connectivity index (χ1v) is 12.6. The van der Waals surface area contributed by atoms with Crippen LogP contribution in [0.2, 0.25) is 0 Å². The fourth-order valence-corrected chi connectivity index (χ4v) is 5.04. The van der Waals surface area contributed by atoms with Crippen LogP contribution in [0.1, 0.15) is 48.0 Å². The summed E-state index contributed by atoms with van der Waals surface area (Å²) in [5.41, 5.74) is 5.88. The third kappa shape index (κ3) is 4.21. The molecule has 0 unspecified atom stereocenters. The SMILES string of the molecule is Cn1ccc2c(-c3ncc(Nc4ccc5c(n4)CN(C(=O)OC(C)(C)C)CC5)c4c3CNC4=O)ccnc21. The average molecular weight is 512 g/mol. The Kier molecular flexibility index (Phi) is 5.55. The van der Waals surface area contributed by atoms with E-state index in [9.17, 15) is 9.59 Å². The van der Waals surface area contributed by atoms with Gasteiger partial charge < -0.3 is 24.8 Å². The molecule has 194 valence electrons. The second kappa shape index (κ2) is 8.83. The molecule has 2 N–H and O–H groups in total. The van der Waals surface area contributed by atoms with Crippen molar-refractivity contribution >= 4 is 34.5 Å². The summed E-state index contributed by atoms with van der Waals surface area (Å²) in [7, 11) is 1.95. The van der Waals surface area contributed by atoms with E-state index in [0.717, 1.165) is 39.1 Å². The van der Waals surface area contributed by atoms with Gasteiger partial charge in [-0.1, -0.05) is 6.07 Å². The highest BCUT2D eigenvalue weighted by atomic mass is 16.6. The molecule has 2 aliphatic rings. The quantitative estimate of drug-likeness (QED) is 0.421. The molecular weight excluding hydrogens is 482 g/mol. The summed E-state index contributed by atoms with van der Waals surface area (Å²) in [6.07, 6.45) is 5.77. The van der Waals surface area contributed by atoms with Gasteiger partial charge in [0.25, 0.3) is 5.91 Å². The van der Waals surface area contributed by atoms with Crippen LogP contribution in [0.25, 0.3) is 22.3 Å². The molecule has 0 saturated carbocycles. The Balaban J connectivity index is 1.31. The van der Waals surface area contributed by atoms with Gasteiger partial charge in [0.2, 0.25) is 0 Å². The van der Waals surface area contributed by atoms with Gasteiger partial charge in [-0.2, -0.15) is 0 Å². The van der Waals surface area contributed by atoms with Gasteiger partial charge >= 0.3 is 6.09 Å². The molecule has 4 aromatic heterocycles. The fraction of sp³-hybridized carbons (Fsp3) is 0.321. The smallest absolute Gasteiger partial charge is 0.410 e. The lowest BCUT2D eigenvalue weighted by Crippen LogP contribution is -2.40. The summed E-state index contributed by atoms with van der Waals surface area (Å²) in [5, 5.41) is 7.23. The second-order valence-corrected chi connectivity index (χ2v) is 10.7. The molecule has 0 radical (unpaired) electrons. The first-order chi connectivity index (χ1) is 18.2. The highest BCUT2D eigenvalue weighted by molar-refractivity contribution is 6.06. The van der Waals surface area contributed by atoms with E-state index >= 15 is 0 Å². The Morgan fingerprint density at radius 3 is 2.82 bits per heavy atom. The number of nitrogens with zero attached hydrogens (tertiary/aromatic N) is 5. The maximum atomic E-state index is 12.9. The molecule has 0 aromatic carbocycles. The molecule has 4 aromatic rings. The van der Waals surface area contributed by atoms with E-state index in [1.54, 1.807) is 17.3 Å². The monoisotopic (exact) mass is 511 g/mol. The van der Waals surface area contributed by atoms with Crippen LogP contribution in [-0.4, -0.2) is 48.6 Å². The first kappa shape index (κ1) is 23.9. The summed E-state index contributed by atoms with van der Waals surface area (Å²) in [5.74, 6) is 0.430. The Morgan fingerprint density at radius 1 is 1.16 bits per heavy atom. The van der Waals surface area contributed by atoms with Crippen LogP contribution in [0.15, 0.2) is 42.9 Å². The third-order valence-electron chi connectivity index (χ3n) is 6.83. The van der Waals surface area contributed by atoms with Crippen molar-refractivity contribution in [2.75, 3.05) is 11.9 Å². The number of carbonyl (C=O) groups is 2. The van der Waals surface area contributed by atoms with Crippen molar-refractivity contribution in [3.05, 3.63) is 65.2 Å². The van der Waals surface area contributed by atoms with Gasteiger partial charge in [-0.05, 0) is 51.0 Å². The number of pyridine rings is 3. The molecule has 10 heteroatoms. The minimum absolute atomic E-state index is 0.154. The molecule has 0 aliphatic carbocycles. The molecule has 0 saturated heterocycles. The largest absolute Gasteiger partial charge is 0.444 e. The second-order valence-electron chi connectivity index (χ2n) is 10.7. The number of amides is 2. The van der Waals surface area contributed by atoms with Crippen LogP contribution in [-0.2, 0) is 31.3 Å². The van der Waals surface area contributed by atoms with E-state index in [1.165, 1.54) is 0 Å². The normalized spacial score (nSPS) is 14.7. The minimum Gasteiger partial charge on any atom is -0.444 e. The van der Waals surface area contributed by atoms with Crippen molar-refractivity contribution in [1.29, 1.82) is 0 Å². The van der Waals surface area contributed by atoms with Gasteiger partial charge in [0, 0.05) is 49.0 Å². The number of fused-ring (bicyclic) bond motifs is 3. The number of anilines is 2. The zero-order valence-electron chi connectivity index (χ0n) is 21.8. The maximum Gasteiger partial charge on any atom is 0.410 e. The summed E-state index contributed by atoms with van der Waals surface area (Å²) in [6, 6.07) is 7.86. The number of aromatic nitrogens is 4. The van der Waals surface area contributed by atoms with E-state index in [1.807, 2.05) is 62.8 Å². The van der Waals surface area contributed by atoms with Crippen molar-refractivity contribution in [2.24, 2.45) is 7.05 Å². The molecule has 0 atom stereocenters. The highest BCUT2D eigenvalue weighted by Gasteiger charge is 2.29. The topological polar surface area (TPSA) is 114 Å². The van der Waals surface area contributed by atoms with Crippen LogP contribution < -0.4 is 10.6 Å². The predicted molar refractivity (Wildman–Crippen MR) is 143 cm³/mol. The van der Waals surface area contributed by atoms with E-state index in [2.05, 4.69) is 15.6 Å². The van der Waals surface area contributed by atoms with Crippen LogP contribution in [0.4, 0.5) is 16.3 Å². The number of hydrogen-bond donors (Lipinski definition) is 2. The number of nitrogens with one attached hydrogen (secondary N) is 2. The number of carbonyl (C=O) groups excluding carboxylic acids is 2. The van der Waals surface area contributed by atoms with Gasteiger partial charge in [0.15, 0.2) is 0 Å². The fourth-order valence-electron chi connectivity index (χ4n) is 5.04. The van der Waals surface area contributed by atoms with Crippen molar-refractivity contribution < 1.29 is 14.3 Å². The summed E-state index contributed by atoms with van der Waals surface area (Å²) >= 11 is 0. The van der Waals surface area contributed by atoms with E-state index in [0.29, 0.717) is 43.1 Å². The van der Waals surface area contributed by atoms with Crippen LogP contribution >= 0.6 is 0 Å². The van der Waals surface area contributed by atoms with E-state index in [-0.39, 0.29) is 12.0 Å². The molecule has 2 amide bonds. The maximum absolute atomic E-state index is 12.9. The predicted octanol–water partition coefficient (Wildman–Crippen LogP) is 4.31. The van der Waals surface area contributed by atoms with Crippen LogP contribution in [0.3, 0.4) is 0 Å². The van der Waals surface area contributed by atoms with Crippen molar-refractivity contribution in [1.82, 2.24) is 29.7 Å². The number of aryl methyl sites for hydroxylation is 1. The zero-order chi connectivity index (χ0) is 26.6. The lowest BCUT2D eigenvalue weighted by atomic mass is 10.0. The third-order valence-corrected chi connectivity index (χ3v) is 6.83. The zero-order valence-corrected chi connectivity index (χ0v) is 21.8. The van der Waals surface area contributed by atoms with Gasteiger partial charge in [-0.15, -0.1) is 0 Å². The first-order valence-electron chi connectivity index (χ1n) is 12.6. The van der Waals surface area contributed by atoms with Crippen molar-refractivity contribution in [3.8, 4) is 11.3 Å². The summed E-state index contributed by atoms with van der Waals surface area (Å²) < 4.78 is 7.50. The molecule has 0 bridgehead atoms. The molecular formula is C28H29N7O3. The molecule has 0 fully saturated rings. The molecule has 38 heavy (non-hydrogen) atoms.